The maximum Gasteiger partial charge on any atom is 0.151 e. The van der Waals surface area contributed by atoms with Gasteiger partial charge in [-0.25, -0.2) is 0 Å². The molecule has 1 unspecified atom stereocenters. The number of ether oxygens (including phenoxy) is 2. The monoisotopic (exact) mass is 405 g/mol. The van der Waals surface area contributed by atoms with Crippen molar-refractivity contribution < 1.29 is 9.47 Å². The number of fused-ring (bicyclic) bond motifs is 3. The third-order valence-corrected chi connectivity index (χ3v) is 6.49. The molecule has 5 rings (SSSR count). The average molecular weight is 406 g/mol. The molecular formula is C25H31N3O2. The fraction of sp³-hybridized carbons (Fsp3) is 0.480. The van der Waals surface area contributed by atoms with Crippen LogP contribution in [0.25, 0.3) is 6.08 Å². The fourth-order valence-electron chi connectivity index (χ4n) is 4.76. The molecule has 0 aromatic heterocycles. The lowest BCUT2D eigenvalue weighted by molar-refractivity contribution is 0.0602. The molecular weight excluding hydrogens is 374 g/mol. The molecule has 2 aromatic carbocycles. The van der Waals surface area contributed by atoms with Crippen LogP contribution >= 0.6 is 0 Å². The SMILES string of the molecule is CC(c1ccccc1)N1COc2c(cc(CN3CCCOCC3)c3c2=NCCC=3)C1. The van der Waals surface area contributed by atoms with Crippen molar-refractivity contribution in [2.75, 3.05) is 39.6 Å². The normalized spacial score (nSPS) is 20.7. The van der Waals surface area contributed by atoms with E-state index < -0.39 is 0 Å². The molecule has 3 heterocycles. The molecule has 0 amide bonds. The summed E-state index contributed by atoms with van der Waals surface area (Å²) in [6.45, 7) is 9.37. The minimum atomic E-state index is 0.310. The molecule has 0 bridgehead atoms. The summed E-state index contributed by atoms with van der Waals surface area (Å²) in [7, 11) is 0. The summed E-state index contributed by atoms with van der Waals surface area (Å²) >= 11 is 0. The summed E-state index contributed by atoms with van der Waals surface area (Å²) in [5.41, 5.74) is 3.97. The van der Waals surface area contributed by atoms with Crippen molar-refractivity contribution >= 4 is 6.08 Å². The lowest BCUT2D eigenvalue weighted by atomic mass is 10.00. The van der Waals surface area contributed by atoms with Gasteiger partial charge in [0.05, 0.1) is 6.61 Å². The van der Waals surface area contributed by atoms with Crippen molar-refractivity contribution in [3.05, 3.63) is 63.7 Å². The molecule has 0 spiro atoms. The van der Waals surface area contributed by atoms with Crippen molar-refractivity contribution in [3.63, 3.8) is 0 Å². The maximum atomic E-state index is 6.32. The van der Waals surface area contributed by atoms with E-state index >= 15 is 0 Å². The summed E-state index contributed by atoms with van der Waals surface area (Å²) in [4.78, 5) is 9.81. The second kappa shape index (κ2) is 8.88. The summed E-state index contributed by atoms with van der Waals surface area (Å²) in [6.07, 6.45) is 4.47. The van der Waals surface area contributed by atoms with Crippen molar-refractivity contribution in [1.82, 2.24) is 9.80 Å². The zero-order valence-electron chi connectivity index (χ0n) is 17.8. The smallest absolute Gasteiger partial charge is 0.151 e. The van der Waals surface area contributed by atoms with Crippen LogP contribution in [0, 0.1) is 0 Å². The van der Waals surface area contributed by atoms with E-state index in [0.717, 1.165) is 69.9 Å². The van der Waals surface area contributed by atoms with Crippen LogP contribution in [0.1, 0.15) is 42.5 Å². The Bertz CT molecular complexity index is 997. The molecule has 1 fully saturated rings. The number of benzene rings is 2. The third-order valence-electron chi connectivity index (χ3n) is 6.49. The van der Waals surface area contributed by atoms with Gasteiger partial charge in [0, 0.05) is 56.2 Å². The maximum absolute atomic E-state index is 6.32. The molecule has 0 saturated carbocycles. The second-order valence-electron chi connectivity index (χ2n) is 8.51. The molecule has 0 radical (unpaired) electrons. The van der Waals surface area contributed by atoms with E-state index in [4.69, 9.17) is 14.5 Å². The molecule has 3 aliphatic heterocycles. The first-order valence-corrected chi connectivity index (χ1v) is 11.2. The van der Waals surface area contributed by atoms with Gasteiger partial charge in [-0.05, 0) is 37.0 Å². The molecule has 1 saturated heterocycles. The predicted octanol–water partition coefficient (Wildman–Crippen LogP) is 2.63. The van der Waals surface area contributed by atoms with Gasteiger partial charge in [-0.15, -0.1) is 0 Å². The Morgan fingerprint density at radius 1 is 1.13 bits per heavy atom. The van der Waals surface area contributed by atoms with Gasteiger partial charge < -0.3 is 9.47 Å². The van der Waals surface area contributed by atoms with Crippen LogP contribution in [-0.4, -0.2) is 49.4 Å². The van der Waals surface area contributed by atoms with Gasteiger partial charge in [0.2, 0.25) is 0 Å². The highest BCUT2D eigenvalue weighted by Crippen LogP contribution is 2.29. The van der Waals surface area contributed by atoms with E-state index in [1.807, 2.05) is 0 Å². The van der Waals surface area contributed by atoms with Crippen LogP contribution in [0.4, 0.5) is 0 Å². The Balaban J connectivity index is 1.46. The topological polar surface area (TPSA) is 37.3 Å². The molecule has 5 heteroatoms. The minimum Gasteiger partial charge on any atom is -0.475 e. The van der Waals surface area contributed by atoms with E-state index in [0.29, 0.717) is 12.8 Å². The van der Waals surface area contributed by atoms with Gasteiger partial charge in [-0.1, -0.05) is 36.4 Å². The molecule has 0 N–H and O–H groups in total. The third kappa shape index (κ3) is 4.02. The van der Waals surface area contributed by atoms with Gasteiger partial charge in [-0.3, -0.25) is 14.8 Å². The fourth-order valence-corrected chi connectivity index (χ4v) is 4.76. The van der Waals surface area contributed by atoms with Gasteiger partial charge >= 0.3 is 0 Å². The Morgan fingerprint density at radius 3 is 2.93 bits per heavy atom. The van der Waals surface area contributed by atoms with Gasteiger partial charge in [0.1, 0.15) is 12.1 Å². The van der Waals surface area contributed by atoms with Crippen molar-refractivity contribution in [1.29, 1.82) is 0 Å². The van der Waals surface area contributed by atoms with Crippen LogP contribution < -0.4 is 15.3 Å². The Kier molecular flexibility index (Phi) is 5.84. The molecule has 2 aromatic rings. The van der Waals surface area contributed by atoms with Crippen LogP contribution in [0.5, 0.6) is 5.75 Å². The number of hydrogen-bond acceptors (Lipinski definition) is 5. The molecule has 1 atom stereocenters. The summed E-state index contributed by atoms with van der Waals surface area (Å²) < 4.78 is 12.0. The number of rotatable bonds is 4. The van der Waals surface area contributed by atoms with Crippen LogP contribution in [0.2, 0.25) is 0 Å². The molecule has 0 aliphatic carbocycles. The van der Waals surface area contributed by atoms with Gasteiger partial charge in [0.25, 0.3) is 0 Å². The van der Waals surface area contributed by atoms with Crippen molar-refractivity contribution in [2.24, 2.45) is 4.99 Å². The highest BCUT2D eigenvalue weighted by atomic mass is 16.5. The first kappa shape index (κ1) is 19.7. The minimum absolute atomic E-state index is 0.310. The quantitative estimate of drug-likeness (QED) is 0.784. The van der Waals surface area contributed by atoms with E-state index in [-0.39, 0.29) is 0 Å². The largest absolute Gasteiger partial charge is 0.475 e. The zero-order valence-corrected chi connectivity index (χ0v) is 17.8. The molecule has 5 nitrogen and oxygen atoms in total. The average Bonchev–Trinajstić information content (AvgIpc) is 3.07. The van der Waals surface area contributed by atoms with E-state index in [9.17, 15) is 0 Å². The first-order chi connectivity index (χ1) is 14.8. The first-order valence-electron chi connectivity index (χ1n) is 11.2. The standard InChI is InChI=1S/C25H31N3O2/c1-19(20-7-3-2-4-8-20)28-17-22-15-21(16-27-11-6-13-29-14-12-27)23-9-5-10-26-24(23)25(22)30-18-28/h2-4,7-9,15,19H,5-6,10-14,16-18H2,1H3. The van der Waals surface area contributed by atoms with E-state index in [2.05, 4.69) is 59.2 Å². The molecule has 3 aliphatic rings. The van der Waals surface area contributed by atoms with Gasteiger partial charge in [0.15, 0.2) is 5.75 Å². The van der Waals surface area contributed by atoms with Crippen molar-refractivity contribution in [3.8, 4) is 5.75 Å². The Labute approximate surface area is 178 Å². The van der Waals surface area contributed by atoms with Gasteiger partial charge in [-0.2, -0.15) is 0 Å². The van der Waals surface area contributed by atoms with E-state index in [1.165, 1.54) is 21.9 Å². The number of hydrogen-bond donors (Lipinski definition) is 0. The summed E-state index contributed by atoms with van der Waals surface area (Å²) in [5, 5.41) is 2.36. The lowest BCUT2D eigenvalue weighted by Crippen LogP contribution is -2.42. The molecule has 158 valence electrons. The zero-order chi connectivity index (χ0) is 20.3. The summed E-state index contributed by atoms with van der Waals surface area (Å²) in [6, 6.07) is 13.4. The number of nitrogens with zero attached hydrogens (tertiary/aromatic N) is 3. The van der Waals surface area contributed by atoms with Crippen LogP contribution in [-0.2, 0) is 17.8 Å². The van der Waals surface area contributed by atoms with Crippen LogP contribution in [0.15, 0.2) is 41.4 Å². The highest BCUT2D eigenvalue weighted by molar-refractivity contribution is 5.44. The highest BCUT2D eigenvalue weighted by Gasteiger charge is 2.26. The summed E-state index contributed by atoms with van der Waals surface area (Å²) in [5.74, 6) is 1.00. The van der Waals surface area contributed by atoms with Crippen molar-refractivity contribution in [2.45, 2.75) is 38.9 Å². The molecule has 30 heavy (non-hydrogen) atoms. The Morgan fingerprint density at radius 2 is 2.03 bits per heavy atom. The lowest BCUT2D eigenvalue weighted by Gasteiger charge is -2.34. The van der Waals surface area contributed by atoms with Crippen LogP contribution in [0.3, 0.4) is 0 Å². The predicted molar refractivity (Wildman–Crippen MR) is 118 cm³/mol. The van der Waals surface area contributed by atoms with E-state index in [1.54, 1.807) is 0 Å². The second-order valence-corrected chi connectivity index (χ2v) is 8.51. The Hall–Kier alpha value is -2.21.